The Kier molecular flexibility index (Phi) is 8.16. The number of anilines is 1. The number of carbonyl (C=O) groups excluding carboxylic acids is 1. The first-order valence-electron chi connectivity index (χ1n) is 11.3. The maximum Gasteiger partial charge on any atom is 0.228 e. The fourth-order valence-electron chi connectivity index (χ4n) is 4.64. The van der Waals surface area contributed by atoms with Crippen LogP contribution >= 0.6 is 0 Å². The van der Waals surface area contributed by atoms with Crippen LogP contribution in [0.15, 0.2) is 72.8 Å². The molecule has 4 heteroatoms. The van der Waals surface area contributed by atoms with Crippen molar-refractivity contribution in [3.63, 3.8) is 0 Å². The molecule has 0 aromatic heterocycles. The molecule has 164 valence electrons. The topological polar surface area (TPSA) is 65.2 Å². The van der Waals surface area contributed by atoms with Gasteiger partial charge >= 0.3 is 0 Å². The number of nitriles is 1. The molecule has 3 rings (SSSR count). The van der Waals surface area contributed by atoms with E-state index in [0.29, 0.717) is 23.8 Å². The first kappa shape index (κ1) is 23.2. The van der Waals surface area contributed by atoms with Gasteiger partial charge in [-0.1, -0.05) is 30.9 Å². The summed E-state index contributed by atoms with van der Waals surface area (Å²) in [5.41, 5.74) is 4.53. The Morgan fingerprint density at radius 3 is 2.50 bits per heavy atom. The van der Waals surface area contributed by atoms with Crippen molar-refractivity contribution in [2.24, 2.45) is 22.7 Å². The number of amides is 1. The monoisotopic (exact) mass is 425 g/mol. The normalized spacial score (nSPS) is 19.1. The Labute approximate surface area is 191 Å². The number of allylic oxidation sites excluding steroid dienone is 2. The molecule has 0 saturated heterocycles. The van der Waals surface area contributed by atoms with Crippen LogP contribution in [0.5, 0.6) is 0 Å². The SMILES string of the molecule is C=CCC(C(=O)Nc1ccc(C#N)cc1)[C@H]1CC[C@H](C(=C)c2ccccc2/N=C\C)CC1. The molecule has 0 spiro atoms. The number of hydrogen-bond acceptors (Lipinski definition) is 3. The third-order valence-corrected chi connectivity index (χ3v) is 6.39. The van der Waals surface area contributed by atoms with Gasteiger partial charge in [0.25, 0.3) is 0 Å². The van der Waals surface area contributed by atoms with Gasteiger partial charge in [-0.3, -0.25) is 9.79 Å². The van der Waals surface area contributed by atoms with E-state index in [-0.39, 0.29) is 11.8 Å². The number of rotatable bonds is 8. The summed E-state index contributed by atoms with van der Waals surface area (Å²) in [7, 11) is 0. The molecule has 0 heterocycles. The molecule has 0 aliphatic heterocycles. The fourth-order valence-corrected chi connectivity index (χ4v) is 4.64. The molecule has 2 aromatic rings. The Balaban J connectivity index is 1.64. The third kappa shape index (κ3) is 5.62. The van der Waals surface area contributed by atoms with Gasteiger partial charge in [-0.15, -0.1) is 6.58 Å². The smallest absolute Gasteiger partial charge is 0.228 e. The molecule has 2 aromatic carbocycles. The number of para-hydroxylation sites is 1. The zero-order valence-electron chi connectivity index (χ0n) is 18.8. The van der Waals surface area contributed by atoms with E-state index in [4.69, 9.17) is 5.26 Å². The molecule has 0 radical (unpaired) electrons. The highest BCUT2D eigenvalue weighted by atomic mass is 16.1. The molecule has 1 fully saturated rings. The van der Waals surface area contributed by atoms with Crippen LogP contribution in [0.3, 0.4) is 0 Å². The maximum absolute atomic E-state index is 13.1. The second-order valence-electron chi connectivity index (χ2n) is 8.35. The zero-order valence-corrected chi connectivity index (χ0v) is 18.8. The van der Waals surface area contributed by atoms with Crippen molar-refractivity contribution in [1.82, 2.24) is 0 Å². The van der Waals surface area contributed by atoms with E-state index in [0.717, 1.165) is 48.2 Å². The average Bonchev–Trinajstić information content (AvgIpc) is 2.83. The van der Waals surface area contributed by atoms with Crippen LogP contribution in [0.2, 0.25) is 0 Å². The van der Waals surface area contributed by atoms with Crippen molar-refractivity contribution in [3.05, 3.63) is 78.9 Å². The standard InChI is InChI=1S/C28H31N3O/c1-4-8-26(28(32)31-24-17-11-21(19-29)12-18-24)23-15-13-22(14-16-23)20(3)25-9-6-7-10-27(25)30-5-2/h4-7,9-12,17-18,22-23,26H,1,3,8,13-16H2,2H3,(H,31,32)/b30-5-/t22-,23-,26?. The Morgan fingerprint density at radius 1 is 1.19 bits per heavy atom. The zero-order chi connectivity index (χ0) is 22.9. The van der Waals surface area contributed by atoms with Gasteiger partial charge in [-0.25, -0.2) is 0 Å². The molecule has 1 atom stereocenters. The van der Waals surface area contributed by atoms with Crippen molar-refractivity contribution in [2.75, 3.05) is 5.32 Å². The predicted octanol–water partition coefficient (Wildman–Crippen LogP) is 6.93. The van der Waals surface area contributed by atoms with Gasteiger partial charge in [0.15, 0.2) is 0 Å². The van der Waals surface area contributed by atoms with Crippen LogP contribution in [0.4, 0.5) is 11.4 Å². The molecule has 1 N–H and O–H groups in total. The second-order valence-corrected chi connectivity index (χ2v) is 8.35. The number of hydrogen-bond donors (Lipinski definition) is 1. The number of nitrogens with one attached hydrogen (secondary N) is 1. The summed E-state index contributed by atoms with van der Waals surface area (Å²) in [6, 6.07) is 17.3. The molecule has 0 bridgehead atoms. The first-order chi connectivity index (χ1) is 15.6. The summed E-state index contributed by atoms with van der Waals surface area (Å²) in [4.78, 5) is 17.5. The van der Waals surface area contributed by atoms with Crippen molar-refractivity contribution < 1.29 is 4.79 Å². The lowest BCUT2D eigenvalue weighted by Crippen LogP contribution is -2.31. The highest BCUT2D eigenvalue weighted by Crippen LogP contribution is 2.42. The van der Waals surface area contributed by atoms with Crippen molar-refractivity contribution >= 4 is 29.1 Å². The molecule has 1 unspecified atom stereocenters. The highest BCUT2D eigenvalue weighted by molar-refractivity contribution is 5.93. The molecule has 32 heavy (non-hydrogen) atoms. The van der Waals surface area contributed by atoms with Crippen LogP contribution in [0.25, 0.3) is 5.57 Å². The van der Waals surface area contributed by atoms with E-state index >= 15 is 0 Å². The van der Waals surface area contributed by atoms with Gasteiger partial charge in [0, 0.05) is 23.4 Å². The summed E-state index contributed by atoms with van der Waals surface area (Å²) in [6.07, 6.45) is 8.33. The average molecular weight is 426 g/mol. The highest BCUT2D eigenvalue weighted by Gasteiger charge is 2.32. The lowest BCUT2D eigenvalue weighted by molar-refractivity contribution is -0.121. The third-order valence-electron chi connectivity index (χ3n) is 6.39. The summed E-state index contributed by atoms with van der Waals surface area (Å²) < 4.78 is 0. The molecule has 1 saturated carbocycles. The van der Waals surface area contributed by atoms with Gasteiger partial charge in [0.2, 0.25) is 5.91 Å². The van der Waals surface area contributed by atoms with Crippen LogP contribution in [0, 0.1) is 29.1 Å². The van der Waals surface area contributed by atoms with Crippen molar-refractivity contribution in [3.8, 4) is 6.07 Å². The van der Waals surface area contributed by atoms with E-state index < -0.39 is 0 Å². The summed E-state index contributed by atoms with van der Waals surface area (Å²) in [5.74, 6) is 0.651. The van der Waals surface area contributed by atoms with E-state index in [1.165, 1.54) is 0 Å². The first-order valence-corrected chi connectivity index (χ1v) is 11.3. The summed E-state index contributed by atoms with van der Waals surface area (Å²) in [6.45, 7) is 10.2. The van der Waals surface area contributed by atoms with Crippen LogP contribution in [-0.4, -0.2) is 12.1 Å². The second kappa shape index (κ2) is 11.2. The van der Waals surface area contributed by atoms with Gasteiger partial charge < -0.3 is 5.32 Å². The van der Waals surface area contributed by atoms with Gasteiger partial charge in [-0.05, 0) is 86.8 Å². The van der Waals surface area contributed by atoms with Crippen LogP contribution in [0.1, 0.15) is 50.2 Å². The summed E-state index contributed by atoms with van der Waals surface area (Å²) >= 11 is 0. The van der Waals surface area contributed by atoms with Crippen LogP contribution in [-0.2, 0) is 4.79 Å². The molecule has 1 aliphatic carbocycles. The van der Waals surface area contributed by atoms with E-state index in [2.05, 4.69) is 35.6 Å². The van der Waals surface area contributed by atoms with Crippen molar-refractivity contribution in [2.45, 2.75) is 39.0 Å². The summed E-state index contributed by atoms with van der Waals surface area (Å²) in [5, 5.41) is 12.0. The van der Waals surface area contributed by atoms with Gasteiger partial charge in [-0.2, -0.15) is 5.26 Å². The molecular weight excluding hydrogens is 394 g/mol. The fraction of sp³-hybridized carbons (Fsp3) is 0.321. The quantitative estimate of drug-likeness (QED) is 0.368. The van der Waals surface area contributed by atoms with E-state index in [1.54, 1.807) is 24.3 Å². The number of carbonyl (C=O) groups is 1. The Morgan fingerprint density at radius 2 is 1.88 bits per heavy atom. The van der Waals surface area contributed by atoms with E-state index in [1.807, 2.05) is 37.4 Å². The van der Waals surface area contributed by atoms with Gasteiger partial charge in [0.05, 0.1) is 17.3 Å². The Bertz CT molecular complexity index is 1020. The molecule has 1 amide bonds. The van der Waals surface area contributed by atoms with Crippen molar-refractivity contribution in [1.29, 1.82) is 5.26 Å². The number of benzene rings is 2. The minimum Gasteiger partial charge on any atom is -0.326 e. The van der Waals surface area contributed by atoms with Gasteiger partial charge in [0.1, 0.15) is 0 Å². The molecule has 1 aliphatic rings. The number of aliphatic imine (C=N–C) groups is 1. The molecular formula is C28H31N3O. The van der Waals surface area contributed by atoms with E-state index in [9.17, 15) is 4.79 Å². The van der Waals surface area contributed by atoms with Crippen LogP contribution < -0.4 is 5.32 Å². The lowest BCUT2D eigenvalue weighted by atomic mass is 9.71. The lowest BCUT2D eigenvalue weighted by Gasteiger charge is -2.34. The number of nitrogens with zero attached hydrogens (tertiary/aromatic N) is 2. The Hall–Kier alpha value is -3.45. The molecule has 4 nitrogen and oxygen atoms in total. The predicted molar refractivity (Wildman–Crippen MR) is 133 cm³/mol. The minimum atomic E-state index is -0.102. The maximum atomic E-state index is 13.1. The minimum absolute atomic E-state index is 0.0273. The largest absolute Gasteiger partial charge is 0.326 e.